The molecule has 0 amide bonds. The van der Waals surface area contributed by atoms with Gasteiger partial charge in [-0.3, -0.25) is 29.3 Å². The number of halogens is 1. The number of nitrogens with one attached hydrogen (secondary N) is 3. The third-order valence-corrected chi connectivity index (χ3v) is 7.71. The molecule has 0 unspecified atom stereocenters. The minimum absolute atomic E-state index is 0. The molecule has 6 aromatic heterocycles. The molecule has 0 aromatic carbocycles. The van der Waals surface area contributed by atoms with E-state index >= 15 is 0 Å². The molecule has 0 aliphatic carbocycles. The van der Waals surface area contributed by atoms with Crippen molar-refractivity contribution in [2.24, 2.45) is 0 Å². The number of nitrogens with two attached hydrogens (primary N) is 3. The Morgan fingerprint density at radius 2 is 1.44 bits per heavy atom. The Balaban J connectivity index is 0.000000211. The van der Waals surface area contributed by atoms with Crippen LogP contribution >= 0.6 is 15.9 Å². The molecule has 6 aromatic rings. The lowest BCUT2D eigenvalue weighted by atomic mass is 9.80. The lowest BCUT2D eigenvalue weighted by Gasteiger charge is -2.33. The second-order valence-corrected chi connectivity index (χ2v) is 10.9. The molecular formula is C27H34BrN13O7. The number of nitrogens with zero attached hydrogens (tertiary/aromatic N) is 7. The summed E-state index contributed by atoms with van der Waals surface area (Å²) in [7, 11) is 0. The van der Waals surface area contributed by atoms with Crippen molar-refractivity contribution in [1.29, 1.82) is 5.26 Å². The van der Waals surface area contributed by atoms with Crippen LogP contribution in [0.15, 0.2) is 61.6 Å². The molecule has 0 radical (unpaired) electrons. The fourth-order valence-electron chi connectivity index (χ4n) is 4.87. The molecule has 20 nitrogen and oxygen atoms in total. The molecule has 21 heteroatoms. The van der Waals surface area contributed by atoms with E-state index < -0.39 is 35.6 Å². The van der Waals surface area contributed by atoms with Crippen LogP contribution < -0.4 is 33.9 Å². The highest BCUT2D eigenvalue weighted by atomic mass is 79.9. The maximum absolute atomic E-state index is 11.9. The Kier molecular flexibility index (Phi) is 10.5. The van der Waals surface area contributed by atoms with Crippen LogP contribution in [0.25, 0.3) is 16.6 Å². The van der Waals surface area contributed by atoms with Crippen LogP contribution in [0.5, 0.6) is 0 Å². The van der Waals surface area contributed by atoms with E-state index in [1.165, 1.54) is 28.1 Å². The van der Waals surface area contributed by atoms with Crippen LogP contribution in [-0.4, -0.2) is 83.5 Å². The first-order valence-electron chi connectivity index (χ1n) is 13.1. The molecule has 7 rings (SSSR count). The van der Waals surface area contributed by atoms with Crippen LogP contribution in [0.4, 0.5) is 17.8 Å². The Labute approximate surface area is 278 Å². The summed E-state index contributed by atoms with van der Waals surface area (Å²) in [5.74, 6) is 0.0352. The summed E-state index contributed by atoms with van der Waals surface area (Å²) in [6, 6.07) is 11.4. The van der Waals surface area contributed by atoms with Gasteiger partial charge in [-0.15, -0.1) is 15.3 Å². The molecule has 12 N–H and O–H groups in total. The predicted octanol–water partition coefficient (Wildman–Crippen LogP) is -0.929. The predicted molar refractivity (Wildman–Crippen MR) is 178 cm³/mol. The first-order chi connectivity index (χ1) is 21.7. The highest BCUT2D eigenvalue weighted by Gasteiger charge is 2.65. The number of H-pyrrole nitrogens is 3. The number of aromatic nitrogens is 9. The number of aliphatic hydroxyl groups is 3. The smallest absolute Gasteiger partial charge is 0.276 e. The van der Waals surface area contributed by atoms with Gasteiger partial charge in [-0.1, -0.05) is 14.9 Å². The summed E-state index contributed by atoms with van der Waals surface area (Å²) in [5.41, 5.74) is 12.1. The van der Waals surface area contributed by atoms with Gasteiger partial charge in [0.05, 0.1) is 12.3 Å². The van der Waals surface area contributed by atoms with Gasteiger partial charge in [-0.2, -0.15) is 5.26 Å². The van der Waals surface area contributed by atoms with E-state index in [-0.39, 0.29) is 55.0 Å². The number of aliphatic hydroxyl groups excluding tert-OH is 2. The van der Waals surface area contributed by atoms with Crippen molar-refractivity contribution in [2.45, 2.75) is 45.2 Å². The number of aromatic amines is 3. The van der Waals surface area contributed by atoms with Gasteiger partial charge >= 0.3 is 0 Å². The van der Waals surface area contributed by atoms with E-state index in [4.69, 9.17) is 21.9 Å². The summed E-state index contributed by atoms with van der Waals surface area (Å²) < 4.78 is 10.1. The molecule has 0 spiro atoms. The van der Waals surface area contributed by atoms with E-state index in [2.05, 4.69) is 46.2 Å². The van der Waals surface area contributed by atoms with Crippen molar-refractivity contribution < 1.29 is 20.1 Å². The molecule has 256 valence electrons. The quantitative estimate of drug-likeness (QED) is 0.104. The molecule has 1 saturated heterocycles. The van der Waals surface area contributed by atoms with Crippen molar-refractivity contribution in [2.75, 3.05) is 23.8 Å². The van der Waals surface area contributed by atoms with Gasteiger partial charge < -0.3 is 37.3 Å². The van der Waals surface area contributed by atoms with Crippen molar-refractivity contribution in [3.8, 4) is 6.07 Å². The largest absolute Gasteiger partial charge is 0.394 e. The number of hydrogen-bond donors (Lipinski definition) is 9. The van der Waals surface area contributed by atoms with Crippen LogP contribution in [0.2, 0.25) is 0 Å². The minimum Gasteiger partial charge on any atom is -0.394 e. The first-order valence-corrected chi connectivity index (χ1v) is 13.9. The third kappa shape index (κ3) is 6.12. The summed E-state index contributed by atoms with van der Waals surface area (Å²) in [6.07, 6.45) is -1.02. The van der Waals surface area contributed by atoms with Crippen molar-refractivity contribution >= 4 is 50.3 Å². The number of anilines is 3. The maximum Gasteiger partial charge on any atom is 0.276 e. The van der Waals surface area contributed by atoms with E-state index in [0.717, 1.165) is 4.52 Å². The topological polar surface area (TPSA) is 322 Å². The van der Waals surface area contributed by atoms with Crippen molar-refractivity contribution in [1.82, 2.24) is 43.8 Å². The van der Waals surface area contributed by atoms with Gasteiger partial charge in [0, 0.05) is 6.20 Å². The maximum atomic E-state index is 11.9. The Morgan fingerprint density at radius 3 is 2.00 bits per heavy atom. The zero-order valence-electron chi connectivity index (χ0n) is 23.6. The van der Waals surface area contributed by atoms with Gasteiger partial charge in [-0.25, -0.2) is 13.5 Å². The zero-order chi connectivity index (χ0) is 33.6. The average molecular weight is 733 g/mol. The van der Waals surface area contributed by atoms with Crippen LogP contribution in [0, 0.1) is 11.3 Å². The van der Waals surface area contributed by atoms with E-state index in [9.17, 15) is 35.0 Å². The monoisotopic (exact) mass is 731 g/mol. The lowest BCUT2D eigenvalue weighted by molar-refractivity contribution is -0.109. The first kappa shape index (κ1) is 36.9. The molecule has 0 bridgehead atoms. The van der Waals surface area contributed by atoms with Crippen molar-refractivity contribution in [3.63, 3.8) is 0 Å². The van der Waals surface area contributed by atoms with E-state index in [0.29, 0.717) is 15.6 Å². The molecule has 1 aliphatic rings. The lowest BCUT2D eigenvalue weighted by Crippen LogP contribution is -2.52. The third-order valence-electron chi connectivity index (χ3n) is 7.11. The van der Waals surface area contributed by atoms with Gasteiger partial charge in [0.1, 0.15) is 45.0 Å². The summed E-state index contributed by atoms with van der Waals surface area (Å²) >= 11 is 3.23. The molecule has 4 atom stereocenters. The Bertz CT molecular complexity index is 2290. The van der Waals surface area contributed by atoms with E-state index in [1.54, 1.807) is 30.5 Å². The number of rotatable bonds is 2. The fraction of sp³-hybridized carbons (Fsp3) is 0.296. The number of hydrogen-bond acceptors (Lipinski definition) is 14. The van der Waals surface area contributed by atoms with E-state index in [1.807, 2.05) is 6.07 Å². The normalized spacial score (nSPS) is 21.3. The van der Waals surface area contributed by atoms with Crippen LogP contribution in [0.1, 0.15) is 27.5 Å². The van der Waals surface area contributed by atoms with Gasteiger partial charge in [-0.05, 0) is 59.3 Å². The van der Waals surface area contributed by atoms with Crippen molar-refractivity contribution in [3.05, 3.63) is 84.0 Å². The summed E-state index contributed by atoms with van der Waals surface area (Å²) in [5, 5.41) is 51.4. The summed E-state index contributed by atoms with van der Waals surface area (Å²) in [4.78, 5) is 41.3. The minimum atomic E-state index is -2.05. The number of fused-ring (bicyclic) bond motifs is 3. The molecule has 0 saturated carbocycles. The highest BCUT2D eigenvalue weighted by Crippen LogP contribution is 2.46. The second kappa shape index (κ2) is 13.7. The SMILES string of the molecule is C.C.C[C@@]1(O)[C@H](O)[C@@H](CO)O[C@@]1(C#N)c1ccc2c(=O)[nH]c(N)nn12.Nc1nn2c(Br)ccc2c(=O)[nH]1.Nc1nn2cccc2c(=O)[nH]1. The van der Waals surface area contributed by atoms with Crippen LogP contribution in [0.3, 0.4) is 0 Å². The number of nitriles is 1. The van der Waals surface area contributed by atoms with Gasteiger partial charge in [0.2, 0.25) is 23.4 Å². The second-order valence-electron chi connectivity index (χ2n) is 10.0. The number of nitrogen functional groups attached to an aromatic ring is 3. The number of ether oxygens (including phenoxy) is 1. The highest BCUT2D eigenvalue weighted by molar-refractivity contribution is 9.10. The average Bonchev–Trinajstić information content (AvgIpc) is 3.76. The summed E-state index contributed by atoms with van der Waals surface area (Å²) in [6.45, 7) is 0.618. The molecular weight excluding hydrogens is 698 g/mol. The molecule has 7 heterocycles. The van der Waals surface area contributed by atoms with Gasteiger partial charge in [0.15, 0.2) is 0 Å². The molecule has 1 fully saturated rings. The molecule has 48 heavy (non-hydrogen) atoms. The Morgan fingerprint density at radius 1 is 0.917 bits per heavy atom. The Hall–Kier alpha value is -5.53. The van der Waals surface area contributed by atoms with Crippen LogP contribution in [-0.2, 0) is 10.3 Å². The zero-order valence-corrected chi connectivity index (χ0v) is 25.2. The fourth-order valence-corrected chi connectivity index (χ4v) is 5.28. The standard InChI is InChI=1S/C13H15N5O5.C6H5BrN4O.C6H6N4O.2CH4/c1-12(22)9(20)7(4-19)23-13(12,5-14)8-3-2-6-10(21)16-11(15)17-18(6)8;7-4-2-1-3-5(12)9-6(8)10-11(3)4;7-6-8-5(11)4-2-1-3-10(4)9-6;;/h2-3,7,9,19-20,22H,4H2,1H3,(H3,15,16,17,21);1-2H,(H3,8,9,10,12);1-3H,(H3,7,8,9,11);2*1H4/t7-,9-,12-,13+;;;;/m1..../s1. The molecule has 1 aliphatic heterocycles. The van der Waals surface area contributed by atoms with Gasteiger partial charge in [0.25, 0.3) is 16.7 Å².